The summed E-state index contributed by atoms with van der Waals surface area (Å²) in [5, 5.41) is 0. The minimum Gasteiger partial charge on any atom is -0.345 e. The topological polar surface area (TPSA) is 36.9 Å². The molecule has 0 aromatic heterocycles. The summed E-state index contributed by atoms with van der Waals surface area (Å²) < 4.78 is 25.5. The predicted octanol–water partition coefficient (Wildman–Crippen LogP) is 9.71. The second-order valence-electron chi connectivity index (χ2n) is 10.1. The Morgan fingerprint density at radius 3 is 0.974 bits per heavy atom. The molecule has 0 atom stereocenters. The molecule has 0 heterocycles. The summed E-state index contributed by atoms with van der Waals surface area (Å²) in [5.74, 6) is 0. The lowest BCUT2D eigenvalue weighted by Gasteiger charge is -2.34. The van der Waals surface area contributed by atoms with Gasteiger partial charge in [-0.15, -0.1) is 0 Å². The maximum Gasteiger partial charge on any atom is 0.200 e. The van der Waals surface area contributed by atoms with Gasteiger partial charge in [0.15, 0.2) is 0 Å². The van der Waals surface area contributed by atoms with E-state index in [1.807, 2.05) is 41.2 Å². The average Bonchev–Trinajstić information content (AvgIpc) is 2.92. The van der Waals surface area contributed by atoms with Gasteiger partial charge < -0.3 is 18.9 Å². The van der Waals surface area contributed by atoms with E-state index in [2.05, 4.69) is 41.5 Å². The van der Waals surface area contributed by atoms with E-state index in [9.17, 15) is 0 Å². The van der Waals surface area contributed by atoms with E-state index in [4.69, 9.17) is 18.9 Å². The summed E-state index contributed by atoms with van der Waals surface area (Å²) in [6.07, 6.45) is 16.8. The van der Waals surface area contributed by atoms with Crippen molar-refractivity contribution in [3.05, 3.63) is 0 Å². The highest BCUT2D eigenvalue weighted by molar-refractivity contribution is 9.26. The molecule has 0 fully saturated rings. The third-order valence-corrected chi connectivity index (χ3v) is 19.9. The molecule has 0 aliphatic carbocycles. The van der Waals surface area contributed by atoms with Gasteiger partial charge in [-0.25, -0.2) is 0 Å². The number of ether oxygens (including phenoxy) is 4. The van der Waals surface area contributed by atoms with Crippen molar-refractivity contribution in [2.45, 2.75) is 153 Å². The maximum atomic E-state index is 6.59. The Hall–Kier alpha value is 1.67. The van der Waals surface area contributed by atoms with Crippen LogP contribution in [0.5, 0.6) is 0 Å². The molecule has 0 saturated carbocycles. The van der Waals surface area contributed by atoms with Crippen molar-refractivity contribution in [2.75, 3.05) is 26.4 Å². The Balaban J connectivity index is 5.37. The molecule has 38 heavy (non-hydrogen) atoms. The normalized spacial score (nSPS) is 13.1. The van der Waals surface area contributed by atoms with Gasteiger partial charge in [0.05, 0.1) is 26.4 Å². The molecule has 0 radical (unpaired) electrons. The van der Waals surface area contributed by atoms with Crippen molar-refractivity contribution in [2.24, 2.45) is 0 Å². The first-order valence-electron chi connectivity index (χ1n) is 15.8. The standard InChI is InChI=1S/C28H62O4S4Si2/c1-7-13-19-25-37-27(29-21-15-9-3,30-22-16-10-4)33-35-36-34-28(31-23-17-11-5,32-24-18-12-6)38-26-20-14-8-2/h7-26,37-38H2,1-6H3. The molecule has 0 bridgehead atoms. The van der Waals surface area contributed by atoms with Crippen LogP contribution >= 0.6 is 41.2 Å². The highest BCUT2D eigenvalue weighted by Gasteiger charge is 2.36. The van der Waals surface area contributed by atoms with Gasteiger partial charge in [0.2, 0.25) is 9.48 Å². The van der Waals surface area contributed by atoms with E-state index >= 15 is 0 Å². The number of hydrogen-bond acceptors (Lipinski definition) is 8. The molecule has 0 amide bonds. The van der Waals surface area contributed by atoms with Gasteiger partial charge in [-0.3, -0.25) is 0 Å². The Labute approximate surface area is 257 Å². The lowest BCUT2D eigenvalue weighted by molar-refractivity contribution is -0.118. The van der Waals surface area contributed by atoms with Gasteiger partial charge in [-0.2, -0.15) is 0 Å². The van der Waals surface area contributed by atoms with Gasteiger partial charge in [-0.1, -0.05) is 118 Å². The number of hydrogen-bond donors (Lipinski definition) is 0. The Bertz CT molecular complexity index is 434. The minimum atomic E-state index is -0.551. The second kappa shape index (κ2) is 28.8. The van der Waals surface area contributed by atoms with Crippen LogP contribution in [-0.4, -0.2) is 55.0 Å². The zero-order valence-electron chi connectivity index (χ0n) is 25.8. The SMILES string of the molecule is CCCCC[SiH2]C(OCCCC)(OCCCC)SSSSC(OCCCC)(OCCCC)[SiH2]CCCCC. The third-order valence-electron chi connectivity index (χ3n) is 6.30. The third kappa shape index (κ3) is 21.4. The monoisotopic (exact) mass is 646 g/mol. The fourth-order valence-electron chi connectivity index (χ4n) is 3.71. The number of rotatable bonds is 31. The van der Waals surface area contributed by atoms with E-state index in [1.54, 1.807) is 0 Å². The lowest BCUT2D eigenvalue weighted by atomic mass is 10.3. The molecule has 230 valence electrons. The molecule has 4 nitrogen and oxygen atoms in total. The van der Waals surface area contributed by atoms with Gasteiger partial charge in [0, 0.05) is 0 Å². The Kier molecular flexibility index (Phi) is 30.0. The van der Waals surface area contributed by atoms with Crippen molar-refractivity contribution in [3.63, 3.8) is 0 Å². The van der Waals surface area contributed by atoms with E-state index in [0.29, 0.717) is 0 Å². The minimum absolute atomic E-state index is 0.427. The van der Waals surface area contributed by atoms with Crippen molar-refractivity contribution in [1.82, 2.24) is 0 Å². The van der Waals surface area contributed by atoms with Crippen LogP contribution in [0.4, 0.5) is 0 Å². The van der Waals surface area contributed by atoms with Crippen molar-refractivity contribution >= 4 is 60.3 Å². The van der Waals surface area contributed by atoms with Crippen LogP contribution in [0.2, 0.25) is 12.1 Å². The molecule has 0 saturated heterocycles. The van der Waals surface area contributed by atoms with Crippen LogP contribution < -0.4 is 0 Å². The molecule has 0 unspecified atom stereocenters. The van der Waals surface area contributed by atoms with Crippen molar-refractivity contribution in [1.29, 1.82) is 0 Å². The molecule has 10 heteroatoms. The quantitative estimate of drug-likeness (QED) is 0.0319. The molecule has 0 aliphatic rings. The van der Waals surface area contributed by atoms with Crippen LogP contribution in [0.3, 0.4) is 0 Å². The van der Waals surface area contributed by atoms with Crippen LogP contribution in [0, 0.1) is 0 Å². The highest BCUT2D eigenvalue weighted by Crippen LogP contribution is 2.54. The molecule has 0 aliphatic heterocycles. The van der Waals surface area contributed by atoms with E-state index < -0.39 is 28.5 Å². The zero-order valence-corrected chi connectivity index (χ0v) is 31.9. The summed E-state index contributed by atoms with van der Waals surface area (Å²) in [6, 6.07) is 2.57. The fourth-order valence-corrected chi connectivity index (χ4v) is 18.6. The Morgan fingerprint density at radius 2 is 0.711 bits per heavy atom. The van der Waals surface area contributed by atoms with E-state index in [-0.39, 0.29) is 0 Å². The van der Waals surface area contributed by atoms with Gasteiger partial charge in [0.1, 0.15) is 19.0 Å². The highest BCUT2D eigenvalue weighted by atomic mass is 33.7. The molecule has 0 aromatic rings. The summed E-state index contributed by atoms with van der Waals surface area (Å²) in [7, 11) is 6.24. The smallest absolute Gasteiger partial charge is 0.200 e. The molecular weight excluding hydrogens is 585 g/mol. The van der Waals surface area contributed by atoms with Gasteiger partial charge in [-0.05, 0) is 66.9 Å². The summed E-state index contributed by atoms with van der Waals surface area (Å²) in [4.78, 5) is 0. The van der Waals surface area contributed by atoms with Crippen LogP contribution in [0.1, 0.15) is 131 Å². The van der Waals surface area contributed by atoms with Crippen molar-refractivity contribution in [3.8, 4) is 0 Å². The van der Waals surface area contributed by atoms with Crippen LogP contribution in [0.15, 0.2) is 0 Å². The van der Waals surface area contributed by atoms with Crippen LogP contribution in [0.25, 0.3) is 0 Å². The van der Waals surface area contributed by atoms with Gasteiger partial charge in [0.25, 0.3) is 0 Å². The zero-order chi connectivity index (χ0) is 28.2. The largest absolute Gasteiger partial charge is 0.345 e. The molecule has 0 aromatic carbocycles. The average molecular weight is 647 g/mol. The predicted molar refractivity (Wildman–Crippen MR) is 185 cm³/mol. The first kappa shape index (κ1) is 39.7. The van der Waals surface area contributed by atoms with Crippen LogP contribution in [-0.2, 0) is 18.9 Å². The summed E-state index contributed by atoms with van der Waals surface area (Å²) >= 11 is 0. The first-order chi connectivity index (χ1) is 18.6. The van der Waals surface area contributed by atoms with Crippen molar-refractivity contribution < 1.29 is 18.9 Å². The number of unbranched alkanes of at least 4 members (excludes halogenated alkanes) is 8. The lowest BCUT2D eigenvalue weighted by Crippen LogP contribution is -2.39. The molecule has 0 N–H and O–H groups in total. The second-order valence-corrected chi connectivity index (χ2v) is 21.5. The molecule has 0 rings (SSSR count). The maximum absolute atomic E-state index is 6.59. The first-order valence-corrected chi connectivity index (χ1v) is 24.1. The van der Waals surface area contributed by atoms with Gasteiger partial charge >= 0.3 is 0 Å². The molecule has 0 spiro atoms. The Morgan fingerprint density at radius 1 is 0.421 bits per heavy atom. The summed E-state index contributed by atoms with van der Waals surface area (Å²) in [6.45, 7) is 16.7. The fraction of sp³-hybridized carbons (Fsp3) is 1.00. The summed E-state index contributed by atoms with van der Waals surface area (Å²) in [5.41, 5.74) is 0. The molecular formula is C28H62O4S4Si2. The van der Waals surface area contributed by atoms with E-state index in [1.165, 1.54) is 50.6 Å². The van der Waals surface area contributed by atoms with E-state index in [0.717, 1.165) is 77.8 Å².